The molecule has 0 spiro atoms. The van der Waals surface area contributed by atoms with Gasteiger partial charge >= 0.3 is 5.97 Å². The standard InChI is InChI=1S/C29H26N2O3/c1-19-26(29(33)34-18-20-9-4-2-5-10-20)27(22-13-8-14-30-17-22)28-24(31-19)15-23(16-25(28)32)21-11-6-3-7-12-21/h2-14,17,23,27,31H,15-16,18H2,1H3. The van der Waals surface area contributed by atoms with Gasteiger partial charge in [0.25, 0.3) is 0 Å². The zero-order valence-corrected chi connectivity index (χ0v) is 19.0. The summed E-state index contributed by atoms with van der Waals surface area (Å²) < 4.78 is 5.70. The molecule has 1 N–H and O–H groups in total. The van der Waals surface area contributed by atoms with Crippen LogP contribution in [-0.2, 0) is 20.9 Å². The largest absolute Gasteiger partial charge is 0.457 e. The van der Waals surface area contributed by atoms with Crippen molar-refractivity contribution in [2.24, 2.45) is 0 Å². The van der Waals surface area contributed by atoms with Crippen molar-refractivity contribution in [1.29, 1.82) is 0 Å². The predicted octanol–water partition coefficient (Wildman–Crippen LogP) is 5.19. The van der Waals surface area contributed by atoms with Crippen LogP contribution in [0.2, 0.25) is 0 Å². The zero-order chi connectivity index (χ0) is 23.5. The van der Waals surface area contributed by atoms with Gasteiger partial charge in [-0.2, -0.15) is 0 Å². The summed E-state index contributed by atoms with van der Waals surface area (Å²) in [7, 11) is 0. The summed E-state index contributed by atoms with van der Waals surface area (Å²) in [5.74, 6) is -0.768. The van der Waals surface area contributed by atoms with Gasteiger partial charge in [-0.15, -0.1) is 0 Å². The normalized spacial score (nSPS) is 20.0. The molecule has 0 fully saturated rings. The van der Waals surface area contributed by atoms with E-state index in [0.717, 1.165) is 22.4 Å². The molecule has 0 bridgehead atoms. The summed E-state index contributed by atoms with van der Waals surface area (Å²) in [6.45, 7) is 2.05. The number of hydrogen-bond donors (Lipinski definition) is 1. The number of nitrogens with one attached hydrogen (secondary N) is 1. The molecule has 0 amide bonds. The molecule has 5 rings (SSSR count). The highest BCUT2D eigenvalue weighted by Gasteiger charge is 2.41. The molecule has 2 heterocycles. The molecule has 5 heteroatoms. The van der Waals surface area contributed by atoms with Crippen LogP contribution in [0.4, 0.5) is 0 Å². The summed E-state index contributed by atoms with van der Waals surface area (Å²) in [6.07, 6.45) is 4.55. The number of Topliss-reactive ketones (excluding diaryl/α,β-unsaturated/α-hetero) is 1. The Balaban J connectivity index is 1.50. The van der Waals surface area contributed by atoms with E-state index in [2.05, 4.69) is 22.4 Å². The number of nitrogens with zero attached hydrogens (tertiary/aromatic N) is 1. The summed E-state index contributed by atoms with van der Waals surface area (Å²) in [4.78, 5) is 31.2. The molecular formula is C29H26N2O3. The van der Waals surface area contributed by atoms with E-state index >= 15 is 0 Å². The van der Waals surface area contributed by atoms with E-state index in [0.29, 0.717) is 29.7 Å². The van der Waals surface area contributed by atoms with Crippen LogP contribution in [0.5, 0.6) is 0 Å². The molecular weight excluding hydrogens is 424 g/mol. The smallest absolute Gasteiger partial charge is 0.337 e. The average molecular weight is 451 g/mol. The Hall–Kier alpha value is -3.99. The minimum Gasteiger partial charge on any atom is -0.457 e. The molecule has 2 aromatic carbocycles. The van der Waals surface area contributed by atoms with Gasteiger partial charge < -0.3 is 10.1 Å². The molecule has 1 aromatic heterocycles. The number of pyridine rings is 1. The van der Waals surface area contributed by atoms with E-state index in [9.17, 15) is 9.59 Å². The van der Waals surface area contributed by atoms with Gasteiger partial charge in [0.1, 0.15) is 6.61 Å². The number of ketones is 1. The second-order valence-corrected chi connectivity index (χ2v) is 8.78. The van der Waals surface area contributed by atoms with Crippen LogP contribution >= 0.6 is 0 Å². The molecule has 0 radical (unpaired) electrons. The van der Waals surface area contributed by atoms with Crippen LogP contribution in [-0.4, -0.2) is 16.7 Å². The fourth-order valence-electron chi connectivity index (χ4n) is 4.95. The molecule has 5 nitrogen and oxygen atoms in total. The Labute approximate surface area is 199 Å². The van der Waals surface area contributed by atoms with Crippen molar-refractivity contribution in [2.45, 2.75) is 38.2 Å². The van der Waals surface area contributed by atoms with E-state index < -0.39 is 11.9 Å². The number of rotatable bonds is 5. The molecule has 1 aliphatic carbocycles. The van der Waals surface area contributed by atoms with E-state index in [1.807, 2.05) is 67.6 Å². The second kappa shape index (κ2) is 9.48. The maximum Gasteiger partial charge on any atom is 0.337 e. The lowest BCUT2D eigenvalue weighted by atomic mass is 9.72. The van der Waals surface area contributed by atoms with Gasteiger partial charge in [0.15, 0.2) is 5.78 Å². The van der Waals surface area contributed by atoms with Gasteiger partial charge in [-0.05, 0) is 42.0 Å². The Bertz CT molecular complexity index is 1260. The Morgan fingerprint density at radius 3 is 2.38 bits per heavy atom. The maximum absolute atomic E-state index is 13.6. The highest BCUT2D eigenvalue weighted by molar-refractivity contribution is 6.04. The van der Waals surface area contributed by atoms with Gasteiger partial charge in [0.2, 0.25) is 0 Å². The van der Waals surface area contributed by atoms with Crippen molar-refractivity contribution in [1.82, 2.24) is 10.3 Å². The number of aromatic nitrogens is 1. The van der Waals surface area contributed by atoms with Crippen molar-refractivity contribution in [2.75, 3.05) is 0 Å². The number of allylic oxidation sites excluding steroid dienone is 3. The number of dihydropyridines is 1. The van der Waals surface area contributed by atoms with Gasteiger partial charge in [0, 0.05) is 41.7 Å². The summed E-state index contributed by atoms with van der Waals surface area (Å²) in [6, 6.07) is 23.5. The molecule has 0 saturated carbocycles. The topological polar surface area (TPSA) is 68.3 Å². The highest BCUT2D eigenvalue weighted by Crippen LogP contribution is 2.45. The number of carbonyl (C=O) groups is 2. The van der Waals surface area contributed by atoms with Gasteiger partial charge in [-0.1, -0.05) is 66.7 Å². The first-order chi connectivity index (χ1) is 16.6. The van der Waals surface area contributed by atoms with Crippen molar-refractivity contribution >= 4 is 11.8 Å². The fraction of sp³-hybridized carbons (Fsp3) is 0.207. The van der Waals surface area contributed by atoms with Gasteiger partial charge in [0.05, 0.1) is 5.57 Å². The first-order valence-electron chi connectivity index (χ1n) is 11.5. The van der Waals surface area contributed by atoms with Gasteiger partial charge in [-0.25, -0.2) is 4.79 Å². The average Bonchev–Trinajstić information content (AvgIpc) is 2.88. The Morgan fingerprint density at radius 2 is 1.68 bits per heavy atom. The SMILES string of the molecule is CC1=C(C(=O)OCc2ccccc2)C(c2cccnc2)C2=C(CC(c3ccccc3)CC2=O)N1. The molecule has 2 atom stereocenters. The molecule has 2 unspecified atom stereocenters. The van der Waals surface area contributed by atoms with E-state index in [-0.39, 0.29) is 18.3 Å². The zero-order valence-electron chi connectivity index (χ0n) is 19.0. The molecule has 1 aliphatic heterocycles. The third kappa shape index (κ3) is 4.29. The summed E-state index contributed by atoms with van der Waals surface area (Å²) in [5, 5.41) is 3.39. The molecule has 170 valence electrons. The number of ether oxygens (including phenoxy) is 1. The molecule has 34 heavy (non-hydrogen) atoms. The van der Waals surface area contributed by atoms with E-state index in [1.54, 1.807) is 12.4 Å². The van der Waals surface area contributed by atoms with Crippen molar-refractivity contribution in [3.8, 4) is 0 Å². The first-order valence-corrected chi connectivity index (χ1v) is 11.5. The molecule has 2 aliphatic rings. The van der Waals surface area contributed by atoms with Crippen LogP contribution in [0.1, 0.15) is 48.3 Å². The number of hydrogen-bond acceptors (Lipinski definition) is 5. The lowest BCUT2D eigenvalue weighted by Crippen LogP contribution is -2.36. The van der Waals surface area contributed by atoms with Crippen molar-refractivity contribution in [3.63, 3.8) is 0 Å². The van der Waals surface area contributed by atoms with Crippen molar-refractivity contribution < 1.29 is 14.3 Å². The first kappa shape index (κ1) is 21.8. The van der Waals surface area contributed by atoms with Crippen molar-refractivity contribution in [3.05, 3.63) is 124 Å². The van der Waals surface area contributed by atoms with Gasteiger partial charge in [-0.3, -0.25) is 9.78 Å². The highest BCUT2D eigenvalue weighted by atomic mass is 16.5. The van der Waals surface area contributed by atoms with Crippen LogP contribution in [0.25, 0.3) is 0 Å². The Morgan fingerprint density at radius 1 is 0.971 bits per heavy atom. The lowest BCUT2D eigenvalue weighted by molar-refractivity contribution is -0.140. The van der Waals surface area contributed by atoms with E-state index in [4.69, 9.17) is 4.74 Å². The van der Waals surface area contributed by atoms with E-state index in [1.165, 1.54) is 0 Å². The molecule has 3 aromatic rings. The monoisotopic (exact) mass is 450 g/mol. The number of esters is 1. The third-order valence-corrected chi connectivity index (χ3v) is 6.55. The predicted molar refractivity (Wildman–Crippen MR) is 130 cm³/mol. The summed E-state index contributed by atoms with van der Waals surface area (Å²) in [5.41, 5.74) is 5.59. The minimum atomic E-state index is -0.502. The third-order valence-electron chi connectivity index (χ3n) is 6.55. The van der Waals surface area contributed by atoms with Crippen LogP contribution in [0, 0.1) is 0 Å². The fourth-order valence-corrected chi connectivity index (χ4v) is 4.95. The maximum atomic E-state index is 13.6. The molecule has 0 saturated heterocycles. The number of carbonyl (C=O) groups excluding carboxylic acids is 2. The number of benzene rings is 2. The lowest BCUT2D eigenvalue weighted by Gasteiger charge is -2.36. The quantitative estimate of drug-likeness (QED) is 0.542. The second-order valence-electron chi connectivity index (χ2n) is 8.78. The van der Waals surface area contributed by atoms with Crippen LogP contribution in [0.3, 0.4) is 0 Å². The Kier molecular flexibility index (Phi) is 6.09. The van der Waals surface area contributed by atoms with Crippen LogP contribution < -0.4 is 5.32 Å². The summed E-state index contributed by atoms with van der Waals surface area (Å²) >= 11 is 0. The van der Waals surface area contributed by atoms with Crippen LogP contribution in [0.15, 0.2) is 108 Å². The minimum absolute atomic E-state index is 0.0531.